The van der Waals surface area contributed by atoms with Gasteiger partial charge in [0.2, 0.25) is 5.91 Å². The van der Waals surface area contributed by atoms with Crippen molar-refractivity contribution in [2.45, 2.75) is 13.3 Å². The fourth-order valence-electron chi connectivity index (χ4n) is 1.07. The third-order valence-electron chi connectivity index (χ3n) is 1.70. The van der Waals surface area contributed by atoms with Gasteiger partial charge in [0.15, 0.2) is 0 Å². The molecule has 1 aromatic rings. The minimum absolute atomic E-state index is 0.172. The van der Waals surface area contributed by atoms with Gasteiger partial charge in [0.05, 0.1) is 13.5 Å². The lowest BCUT2D eigenvalue weighted by molar-refractivity contribution is -0.139. The summed E-state index contributed by atoms with van der Waals surface area (Å²) in [5.41, 5.74) is 0.751. The van der Waals surface area contributed by atoms with Gasteiger partial charge in [-0.05, 0) is 17.7 Å². The molecule has 5 nitrogen and oxygen atoms in total. The van der Waals surface area contributed by atoms with Crippen LogP contribution in [-0.4, -0.2) is 24.0 Å². The van der Waals surface area contributed by atoms with Crippen LogP contribution in [0.5, 0.6) is 0 Å². The van der Waals surface area contributed by atoms with Crippen molar-refractivity contribution in [3.8, 4) is 0 Å². The Hall–Kier alpha value is -1.91. The van der Waals surface area contributed by atoms with E-state index in [0.29, 0.717) is 5.82 Å². The number of anilines is 1. The number of amides is 1. The quantitative estimate of drug-likeness (QED) is 0.744. The van der Waals surface area contributed by atoms with Gasteiger partial charge in [0.25, 0.3) is 0 Å². The normalized spacial score (nSPS) is 9.47. The Labute approximate surface area is 87.5 Å². The maximum absolute atomic E-state index is 11.0. The van der Waals surface area contributed by atoms with Crippen molar-refractivity contribution in [2.24, 2.45) is 0 Å². The maximum Gasteiger partial charge on any atom is 0.309 e. The van der Waals surface area contributed by atoms with Crippen LogP contribution >= 0.6 is 0 Å². The second-order valence-corrected chi connectivity index (χ2v) is 2.98. The smallest absolute Gasteiger partial charge is 0.309 e. The number of hydrogen-bond donors (Lipinski definition) is 1. The Bertz CT molecular complexity index is 377. The summed E-state index contributed by atoms with van der Waals surface area (Å²) in [7, 11) is 1.33. The van der Waals surface area contributed by atoms with Crippen LogP contribution in [0.1, 0.15) is 12.5 Å². The van der Waals surface area contributed by atoms with Gasteiger partial charge in [-0.15, -0.1) is 0 Å². The van der Waals surface area contributed by atoms with Crippen LogP contribution in [0.25, 0.3) is 0 Å². The van der Waals surface area contributed by atoms with Gasteiger partial charge in [-0.1, -0.05) is 0 Å². The number of methoxy groups -OCH3 is 1. The predicted molar refractivity (Wildman–Crippen MR) is 54.3 cm³/mol. The number of pyridine rings is 1. The summed E-state index contributed by atoms with van der Waals surface area (Å²) in [6.07, 6.45) is 1.70. The van der Waals surface area contributed by atoms with Crippen LogP contribution < -0.4 is 5.32 Å². The largest absolute Gasteiger partial charge is 0.469 e. The predicted octanol–water partition coefficient (Wildman–Crippen LogP) is 0.755. The van der Waals surface area contributed by atoms with E-state index in [-0.39, 0.29) is 18.3 Å². The van der Waals surface area contributed by atoms with Crippen LogP contribution in [0.3, 0.4) is 0 Å². The number of nitrogens with zero attached hydrogens (tertiary/aromatic N) is 1. The number of aromatic nitrogens is 1. The Morgan fingerprint density at radius 3 is 2.87 bits per heavy atom. The van der Waals surface area contributed by atoms with E-state index < -0.39 is 0 Å². The SMILES string of the molecule is COC(=O)Cc1ccnc(NC(C)=O)c1. The van der Waals surface area contributed by atoms with E-state index in [2.05, 4.69) is 15.0 Å². The summed E-state index contributed by atoms with van der Waals surface area (Å²) >= 11 is 0. The molecule has 80 valence electrons. The summed E-state index contributed by atoms with van der Waals surface area (Å²) in [6, 6.07) is 3.33. The molecule has 0 saturated heterocycles. The molecule has 0 saturated carbocycles. The third-order valence-corrected chi connectivity index (χ3v) is 1.70. The molecule has 0 aromatic carbocycles. The number of carbonyl (C=O) groups excluding carboxylic acids is 2. The monoisotopic (exact) mass is 208 g/mol. The van der Waals surface area contributed by atoms with Crippen LogP contribution in [-0.2, 0) is 20.7 Å². The summed E-state index contributed by atoms with van der Waals surface area (Å²) in [6.45, 7) is 1.40. The van der Waals surface area contributed by atoms with Crippen molar-refractivity contribution in [2.75, 3.05) is 12.4 Å². The second-order valence-electron chi connectivity index (χ2n) is 2.98. The van der Waals surface area contributed by atoms with Gasteiger partial charge < -0.3 is 10.1 Å². The zero-order chi connectivity index (χ0) is 11.3. The lowest BCUT2D eigenvalue weighted by Crippen LogP contribution is -2.09. The molecule has 0 fully saturated rings. The molecule has 0 unspecified atom stereocenters. The Morgan fingerprint density at radius 1 is 1.53 bits per heavy atom. The third kappa shape index (κ3) is 3.76. The van der Waals surface area contributed by atoms with Crippen LogP contribution in [0.4, 0.5) is 5.82 Å². The minimum atomic E-state index is -0.324. The van der Waals surface area contributed by atoms with E-state index in [4.69, 9.17) is 0 Å². The summed E-state index contributed by atoms with van der Waals surface area (Å²) in [5, 5.41) is 2.53. The highest BCUT2D eigenvalue weighted by Crippen LogP contribution is 2.07. The molecule has 0 aliphatic heterocycles. The van der Waals surface area contributed by atoms with Gasteiger partial charge in [-0.3, -0.25) is 9.59 Å². The molecule has 0 aliphatic rings. The molecule has 0 bridgehead atoms. The van der Waals surface area contributed by atoms with Crippen molar-refractivity contribution >= 4 is 17.7 Å². The number of ether oxygens (including phenoxy) is 1. The zero-order valence-electron chi connectivity index (χ0n) is 8.61. The average Bonchev–Trinajstić information content (AvgIpc) is 2.17. The van der Waals surface area contributed by atoms with Gasteiger partial charge in [-0.2, -0.15) is 0 Å². The topological polar surface area (TPSA) is 68.3 Å². The van der Waals surface area contributed by atoms with Gasteiger partial charge in [0.1, 0.15) is 5.82 Å². The van der Waals surface area contributed by atoms with Crippen LogP contribution in [0.2, 0.25) is 0 Å². The lowest BCUT2D eigenvalue weighted by atomic mass is 10.2. The molecule has 15 heavy (non-hydrogen) atoms. The van der Waals surface area contributed by atoms with E-state index in [9.17, 15) is 9.59 Å². The first kappa shape index (κ1) is 11.2. The van der Waals surface area contributed by atoms with Crippen LogP contribution in [0, 0.1) is 0 Å². The first-order valence-electron chi connectivity index (χ1n) is 4.41. The summed E-state index contributed by atoms with van der Waals surface area (Å²) in [4.78, 5) is 25.7. The maximum atomic E-state index is 11.0. The van der Waals surface area contributed by atoms with Gasteiger partial charge in [-0.25, -0.2) is 4.98 Å². The molecule has 0 spiro atoms. The molecule has 1 rings (SSSR count). The number of carbonyl (C=O) groups is 2. The molecular weight excluding hydrogens is 196 g/mol. The Kier molecular flexibility index (Phi) is 3.79. The van der Waals surface area contributed by atoms with Crippen molar-refractivity contribution < 1.29 is 14.3 Å². The highest BCUT2D eigenvalue weighted by molar-refractivity contribution is 5.87. The second kappa shape index (κ2) is 5.09. The molecule has 0 aliphatic carbocycles. The summed E-state index contributed by atoms with van der Waals surface area (Å²) in [5.74, 6) is -0.0865. The molecule has 0 radical (unpaired) electrons. The molecule has 5 heteroatoms. The molecule has 1 N–H and O–H groups in total. The van der Waals surface area contributed by atoms with Gasteiger partial charge in [0, 0.05) is 13.1 Å². The lowest BCUT2D eigenvalue weighted by Gasteiger charge is -2.03. The molecule has 1 aromatic heterocycles. The molecule has 0 atom stereocenters. The highest BCUT2D eigenvalue weighted by atomic mass is 16.5. The number of nitrogens with one attached hydrogen (secondary N) is 1. The van der Waals surface area contributed by atoms with Crippen molar-refractivity contribution in [3.05, 3.63) is 23.9 Å². The number of esters is 1. The number of hydrogen-bond acceptors (Lipinski definition) is 4. The molecular formula is C10H12N2O3. The van der Waals surface area contributed by atoms with E-state index in [1.54, 1.807) is 12.1 Å². The fourth-order valence-corrected chi connectivity index (χ4v) is 1.07. The van der Waals surface area contributed by atoms with Crippen molar-refractivity contribution in [1.29, 1.82) is 0 Å². The van der Waals surface area contributed by atoms with Crippen molar-refractivity contribution in [1.82, 2.24) is 4.98 Å². The Balaban J connectivity index is 2.74. The first-order chi connectivity index (χ1) is 7.11. The van der Waals surface area contributed by atoms with Crippen LogP contribution in [0.15, 0.2) is 18.3 Å². The summed E-state index contributed by atoms with van der Waals surface area (Å²) < 4.78 is 4.53. The first-order valence-corrected chi connectivity index (χ1v) is 4.41. The zero-order valence-corrected chi connectivity index (χ0v) is 8.61. The Morgan fingerprint density at radius 2 is 2.27 bits per heavy atom. The molecule has 1 amide bonds. The van der Waals surface area contributed by atoms with E-state index in [1.807, 2.05) is 0 Å². The fraction of sp³-hybridized carbons (Fsp3) is 0.300. The standard InChI is InChI=1S/C10H12N2O3/c1-7(13)12-9-5-8(3-4-11-9)6-10(14)15-2/h3-5H,6H2,1-2H3,(H,11,12,13). The van der Waals surface area contributed by atoms with Crippen molar-refractivity contribution in [3.63, 3.8) is 0 Å². The van der Waals surface area contributed by atoms with E-state index in [1.165, 1.54) is 20.2 Å². The number of rotatable bonds is 3. The average molecular weight is 208 g/mol. The molecule has 1 heterocycles. The van der Waals surface area contributed by atoms with E-state index >= 15 is 0 Å². The van der Waals surface area contributed by atoms with E-state index in [0.717, 1.165) is 5.56 Å². The van der Waals surface area contributed by atoms with Gasteiger partial charge >= 0.3 is 5.97 Å². The minimum Gasteiger partial charge on any atom is -0.469 e. The highest BCUT2D eigenvalue weighted by Gasteiger charge is 2.04.